The Morgan fingerprint density at radius 2 is 0.878 bits per heavy atom. The van der Waals surface area contributed by atoms with Gasteiger partial charge in [0.25, 0.3) is 0 Å². The summed E-state index contributed by atoms with van der Waals surface area (Å²) in [6.07, 6.45) is 6.91. The molecule has 0 unspecified atom stereocenters. The van der Waals surface area contributed by atoms with Crippen LogP contribution in [0.3, 0.4) is 0 Å². The Bertz CT molecular complexity index is 2440. The van der Waals surface area contributed by atoms with Crippen molar-refractivity contribution in [1.29, 1.82) is 0 Å². The van der Waals surface area contributed by atoms with E-state index in [9.17, 15) is 0 Å². The summed E-state index contributed by atoms with van der Waals surface area (Å²) in [6, 6.07) is 48.0. The highest BCUT2D eigenvalue weighted by molar-refractivity contribution is 6.22. The predicted octanol–water partition coefficient (Wildman–Crippen LogP) is 13.7. The number of hydrogen-bond acceptors (Lipinski definition) is 0. The summed E-state index contributed by atoms with van der Waals surface area (Å²) >= 11 is 0. The Kier molecular flexibility index (Phi) is 8.30. The maximum absolute atomic E-state index is 2.49. The minimum atomic E-state index is 1.09. The van der Waals surface area contributed by atoms with Crippen LogP contribution in [0.1, 0.15) is 61.8 Å². The molecular weight excluding hydrogens is 591 g/mol. The summed E-state index contributed by atoms with van der Waals surface area (Å²) in [6.45, 7) is 9.18. The Morgan fingerprint density at radius 1 is 0.429 bits per heavy atom. The lowest BCUT2D eigenvalue weighted by molar-refractivity contribution is 0.792. The van der Waals surface area contributed by atoms with E-state index < -0.39 is 0 Å². The van der Waals surface area contributed by atoms with Crippen molar-refractivity contribution in [2.24, 2.45) is 0 Å². The normalized spacial score (nSPS) is 11.8. The molecule has 0 spiro atoms. The zero-order valence-electron chi connectivity index (χ0n) is 29.3. The fraction of sp³-hybridized carbons (Fsp3) is 0.208. The number of para-hydroxylation sites is 2. The van der Waals surface area contributed by atoms with Gasteiger partial charge in [-0.05, 0) is 130 Å². The van der Waals surface area contributed by atoms with E-state index >= 15 is 0 Å². The average Bonchev–Trinajstić information content (AvgIpc) is 3.47. The summed E-state index contributed by atoms with van der Waals surface area (Å²) in [4.78, 5) is 0. The van der Waals surface area contributed by atoms with Crippen LogP contribution in [0.15, 0.2) is 127 Å². The van der Waals surface area contributed by atoms with Crippen LogP contribution in [-0.2, 0) is 12.8 Å². The van der Waals surface area contributed by atoms with Gasteiger partial charge in [0.15, 0.2) is 0 Å². The highest BCUT2D eigenvalue weighted by Gasteiger charge is 2.22. The number of rotatable bonds is 9. The molecule has 0 aliphatic carbocycles. The first-order valence-corrected chi connectivity index (χ1v) is 18.3. The van der Waals surface area contributed by atoms with Gasteiger partial charge in [0, 0.05) is 16.5 Å². The van der Waals surface area contributed by atoms with Crippen molar-refractivity contribution in [1.82, 2.24) is 4.57 Å². The minimum Gasteiger partial charge on any atom is -0.309 e. The maximum atomic E-state index is 2.49. The lowest BCUT2D eigenvalue weighted by Crippen LogP contribution is -2.00. The summed E-state index contributed by atoms with van der Waals surface area (Å²) < 4.78 is 2.47. The van der Waals surface area contributed by atoms with Crippen LogP contribution in [0.4, 0.5) is 0 Å². The van der Waals surface area contributed by atoms with Gasteiger partial charge in [-0.25, -0.2) is 0 Å². The summed E-state index contributed by atoms with van der Waals surface area (Å²) in [5.74, 6) is 0. The number of aromatic nitrogens is 1. The van der Waals surface area contributed by atoms with Crippen LogP contribution in [0.5, 0.6) is 0 Å². The molecule has 0 atom stereocenters. The van der Waals surface area contributed by atoms with E-state index in [0.717, 1.165) is 12.8 Å². The molecule has 0 radical (unpaired) electrons. The first kappa shape index (κ1) is 31.1. The summed E-state index contributed by atoms with van der Waals surface area (Å²) in [5, 5.41) is 7.89. The van der Waals surface area contributed by atoms with Crippen LogP contribution < -0.4 is 0 Å². The molecule has 8 aromatic rings. The molecule has 1 aromatic heterocycles. The van der Waals surface area contributed by atoms with E-state index in [1.54, 1.807) is 0 Å². The molecule has 0 saturated heterocycles. The monoisotopic (exact) mass is 635 g/mol. The van der Waals surface area contributed by atoms with Gasteiger partial charge < -0.3 is 4.57 Å². The standard InChI is InChI=1S/C48H45N/c1-5-7-19-35-32(3)17-15-25-39(35)47-41-23-9-10-24-42(41)48(40-26-16-18-33(4)36(40)20-8-6-2)44-31-34(29-30-43(44)47)49-45-27-13-11-21-37(45)38-22-12-14-28-46(38)49/h9-18,21-31H,5-8,19-20H2,1-4H3. The molecule has 0 fully saturated rings. The van der Waals surface area contributed by atoms with Crippen molar-refractivity contribution >= 4 is 43.4 Å². The molecule has 0 saturated carbocycles. The average molecular weight is 636 g/mol. The molecule has 1 nitrogen and oxygen atoms in total. The van der Waals surface area contributed by atoms with Gasteiger partial charge in [-0.2, -0.15) is 0 Å². The van der Waals surface area contributed by atoms with Gasteiger partial charge in [0.1, 0.15) is 0 Å². The van der Waals surface area contributed by atoms with Crippen LogP contribution in [-0.4, -0.2) is 4.57 Å². The quantitative estimate of drug-likeness (QED) is 0.139. The molecular formula is C48H45N. The topological polar surface area (TPSA) is 4.93 Å². The maximum Gasteiger partial charge on any atom is 0.0541 e. The first-order chi connectivity index (χ1) is 24.1. The lowest BCUT2D eigenvalue weighted by atomic mass is 9.81. The van der Waals surface area contributed by atoms with Crippen molar-refractivity contribution in [3.63, 3.8) is 0 Å². The van der Waals surface area contributed by atoms with Gasteiger partial charge >= 0.3 is 0 Å². The SMILES string of the molecule is CCCCc1c(C)cccc1-c1c2ccccc2c(-c2cccc(C)c2CCCC)c2cc(-n3c4ccccc4c4ccccc43)ccc12. The smallest absolute Gasteiger partial charge is 0.0541 e. The second kappa shape index (κ2) is 13.1. The Morgan fingerprint density at radius 3 is 1.39 bits per heavy atom. The van der Waals surface area contributed by atoms with Crippen molar-refractivity contribution in [3.05, 3.63) is 150 Å². The number of fused-ring (bicyclic) bond motifs is 5. The molecule has 242 valence electrons. The molecule has 0 N–H and O–H groups in total. The number of nitrogens with zero attached hydrogens (tertiary/aromatic N) is 1. The van der Waals surface area contributed by atoms with Gasteiger partial charge in [0.2, 0.25) is 0 Å². The number of aryl methyl sites for hydroxylation is 2. The third kappa shape index (κ3) is 5.24. The summed E-state index contributed by atoms with van der Waals surface area (Å²) in [5.41, 5.74) is 14.9. The third-order valence-corrected chi connectivity index (χ3v) is 10.8. The molecule has 8 rings (SSSR count). The van der Waals surface area contributed by atoms with Crippen LogP contribution in [0.2, 0.25) is 0 Å². The van der Waals surface area contributed by atoms with Crippen molar-refractivity contribution < 1.29 is 0 Å². The molecule has 0 bridgehead atoms. The Labute approximate surface area is 290 Å². The van der Waals surface area contributed by atoms with Crippen molar-refractivity contribution in [2.75, 3.05) is 0 Å². The predicted molar refractivity (Wildman–Crippen MR) is 213 cm³/mol. The molecule has 1 heteroatoms. The molecule has 0 amide bonds. The molecule has 7 aromatic carbocycles. The van der Waals surface area contributed by atoms with E-state index in [-0.39, 0.29) is 0 Å². The summed E-state index contributed by atoms with van der Waals surface area (Å²) in [7, 11) is 0. The fourth-order valence-electron chi connectivity index (χ4n) is 8.33. The fourth-order valence-corrected chi connectivity index (χ4v) is 8.33. The number of unbranched alkanes of at least 4 members (excludes halogenated alkanes) is 2. The molecule has 49 heavy (non-hydrogen) atoms. The second-order valence-corrected chi connectivity index (χ2v) is 13.8. The van der Waals surface area contributed by atoms with E-state index in [2.05, 4.69) is 160 Å². The van der Waals surface area contributed by atoms with Gasteiger partial charge in [-0.1, -0.05) is 130 Å². The van der Waals surface area contributed by atoms with E-state index in [1.165, 1.54) is 119 Å². The Hall–Kier alpha value is -5.14. The van der Waals surface area contributed by atoms with E-state index in [1.807, 2.05) is 0 Å². The lowest BCUT2D eigenvalue weighted by Gasteiger charge is -2.23. The highest BCUT2D eigenvalue weighted by atomic mass is 15.0. The van der Waals surface area contributed by atoms with Crippen LogP contribution in [0.25, 0.3) is 71.3 Å². The molecule has 0 aliphatic heterocycles. The molecule has 0 aliphatic rings. The second-order valence-electron chi connectivity index (χ2n) is 13.8. The Balaban J connectivity index is 1.54. The zero-order chi connectivity index (χ0) is 33.5. The zero-order valence-corrected chi connectivity index (χ0v) is 29.3. The first-order valence-electron chi connectivity index (χ1n) is 18.3. The van der Waals surface area contributed by atoms with Crippen LogP contribution in [0, 0.1) is 13.8 Å². The largest absolute Gasteiger partial charge is 0.309 e. The minimum absolute atomic E-state index is 1.09. The third-order valence-electron chi connectivity index (χ3n) is 10.8. The van der Waals surface area contributed by atoms with Crippen LogP contribution >= 0.6 is 0 Å². The number of hydrogen-bond donors (Lipinski definition) is 0. The molecule has 1 heterocycles. The van der Waals surface area contributed by atoms with Crippen molar-refractivity contribution in [3.8, 4) is 27.9 Å². The van der Waals surface area contributed by atoms with Gasteiger partial charge in [-0.3, -0.25) is 0 Å². The number of benzene rings is 7. The van der Waals surface area contributed by atoms with E-state index in [0.29, 0.717) is 0 Å². The highest BCUT2D eigenvalue weighted by Crippen LogP contribution is 2.47. The van der Waals surface area contributed by atoms with Gasteiger partial charge in [-0.15, -0.1) is 0 Å². The van der Waals surface area contributed by atoms with E-state index in [4.69, 9.17) is 0 Å². The van der Waals surface area contributed by atoms with Gasteiger partial charge in [0.05, 0.1) is 11.0 Å². The van der Waals surface area contributed by atoms with Crippen molar-refractivity contribution in [2.45, 2.75) is 66.2 Å².